The van der Waals surface area contributed by atoms with E-state index in [1.807, 2.05) is 0 Å². The van der Waals surface area contributed by atoms with Crippen molar-refractivity contribution in [3.05, 3.63) is 53.8 Å². The zero-order valence-corrected chi connectivity index (χ0v) is 14.1. The van der Waals surface area contributed by atoms with Gasteiger partial charge in [-0.05, 0) is 36.6 Å². The summed E-state index contributed by atoms with van der Waals surface area (Å²) in [6, 6.07) is 6.49. The molecule has 1 aromatic rings. The third-order valence-corrected chi connectivity index (χ3v) is 4.26. The molecule has 1 aliphatic carbocycles. The molecular formula is C16H20NO7P. The summed E-state index contributed by atoms with van der Waals surface area (Å²) < 4.78 is 14.3. The van der Waals surface area contributed by atoms with Gasteiger partial charge in [-0.1, -0.05) is 18.2 Å². The molecule has 136 valence electrons. The first kappa shape index (κ1) is 19.4. The summed E-state index contributed by atoms with van der Waals surface area (Å²) in [6.45, 7) is 0. The molecule has 1 atom stereocenters. The molecule has 0 saturated carbocycles. The Labute approximate surface area is 144 Å². The maximum Gasteiger partial charge on any atom is 0.448 e. The van der Waals surface area contributed by atoms with Crippen molar-refractivity contribution in [2.24, 2.45) is 10.7 Å². The molecular weight excluding hydrogens is 349 g/mol. The topological polar surface area (TPSA) is 151 Å². The fraction of sp³-hybridized carbons (Fsp3) is 0.312. The summed E-state index contributed by atoms with van der Waals surface area (Å²) in [5.41, 5.74) is 0.595. The number of rotatable bonds is 6. The number of benzene rings is 1. The van der Waals surface area contributed by atoms with Crippen molar-refractivity contribution < 1.29 is 34.8 Å². The van der Waals surface area contributed by atoms with Crippen LogP contribution in [-0.2, 0) is 11.0 Å². The first-order chi connectivity index (χ1) is 11.6. The third-order valence-electron chi connectivity index (χ3n) is 3.76. The Bertz CT molecular complexity index is 746. The lowest BCUT2D eigenvalue weighted by Crippen LogP contribution is -2.41. The number of allylic oxidation sites excluding steroid dienone is 2. The molecule has 8 nitrogen and oxygen atoms in total. The normalized spacial score (nSPS) is 19.9. The number of aliphatic hydroxyl groups excluding tert-OH is 1. The Balaban J connectivity index is 2.08. The van der Waals surface area contributed by atoms with Gasteiger partial charge < -0.3 is 30.2 Å². The van der Waals surface area contributed by atoms with Gasteiger partial charge in [0, 0.05) is 12.5 Å². The second-order valence-corrected chi connectivity index (χ2v) is 7.07. The van der Waals surface area contributed by atoms with Crippen LogP contribution in [0, 0.1) is 5.92 Å². The first-order valence-electron chi connectivity index (χ1n) is 7.54. The first-order valence-corrected chi connectivity index (χ1v) is 9.10. The lowest BCUT2D eigenvalue weighted by Gasteiger charge is -2.31. The maximum absolute atomic E-state index is 11.1. The Morgan fingerprint density at radius 3 is 2.36 bits per heavy atom. The second kappa shape index (κ2) is 7.51. The van der Waals surface area contributed by atoms with Gasteiger partial charge in [-0.25, -0.2) is 4.57 Å². The van der Waals surface area contributed by atoms with Crippen molar-refractivity contribution in [2.75, 3.05) is 0 Å². The van der Waals surface area contributed by atoms with Gasteiger partial charge in [0.2, 0.25) is 0 Å². The number of aryl methyl sites for hydroxylation is 1. The largest absolute Gasteiger partial charge is 0.508 e. The van der Waals surface area contributed by atoms with Crippen LogP contribution in [0.1, 0.15) is 18.4 Å². The molecule has 2 rings (SSSR count). The zero-order chi connectivity index (χ0) is 18.7. The summed E-state index contributed by atoms with van der Waals surface area (Å²) in [7, 11) is -4.79. The van der Waals surface area contributed by atoms with Gasteiger partial charge in [-0.3, -0.25) is 0 Å². The SMILES string of the molecule is O=P(O)(O)N=C1C=C(O)C=CC1C(O)(O)CCCc1ccc(O)cc1. The lowest BCUT2D eigenvalue weighted by atomic mass is 9.86. The molecule has 1 unspecified atom stereocenters. The van der Waals surface area contributed by atoms with E-state index in [2.05, 4.69) is 4.76 Å². The predicted octanol–water partition coefficient (Wildman–Crippen LogP) is 1.56. The number of hydrogen-bond acceptors (Lipinski definition) is 5. The molecule has 0 spiro atoms. The molecule has 0 radical (unpaired) electrons. The number of phenolic OH excluding ortho intramolecular Hbond substituents is 1. The molecule has 1 aliphatic rings. The van der Waals surface area contributed by atoms with Crippen molar-refractivity contribution in [2.45, 2.75) is 25.0 Å². The summed E-state index contributed by atoms with van der Waals surface area (Å²) in [5, 5.41) is 39.4. The van der Waals surface area contributed by atoms with Crippen molar-refractivity contribution in [3.63, 3.8) is 0 Å². The van der Waals surface area contributed by atoms with E-state index >= 15 is 0 Å². The van der Waals surface area contributed by atoms with Crippen LogP contribution in [0.3, 0.4) is 0 Å². The van der Waals surface area contributed by atoms with Gasteiger partial charge in [0.05, 0.1) is 11.6 Å². The molecule has 6 N–H and O–H groups in total. The van der Waals surface area contributed by atoms with Gasteiger partial charge in [-0.15, -0.1) is 0 Å². The van der Waals surface area contributed by atoms with Crippen molar-refractivity contribution in [1.82, 2.24) is 0 Å². The summed E-state index contributed by atoms with van der Waals surface area (Å²) in [6.07, 6.45) is 4.25. The van der Waals surface area contributed by atoms with Crippen LogP contribution in [0.5, 0.6) is 5.75 Å². The van der Waals surface area contributed by atoms with Crippen LogP contribution in [0.15, 0.2) is 53.0 Å². The van der Waals surface area contributed by atoms with Crippen LogP contribution in [0.4, 0.5) is 0 Å². The molecule has 0 heterocycles. The molecule has 0 bridgehead atoms. The van der Waals surface area contributed by atoms with Gasteiger partial charge in [0.25, 0.3) is 0 Å². The highest BCUT2D eigenvalue weighted by Gasteiger charge is 2.37. The van der Waals surface area contributed by atoms with Gasteiger partial charge in [-0.2, -0.15) is 4.76 Å². The molecule has 0 saturated heterocycles. The fourth-order valence-electron chi connectivity index (χ4n) is 2.59. The highest BCUT2D eigenvalue weighted by molar-refractivity contribution is 7.50. The smallest absolute Gasteiger partial charge is 0.448 e. The van der Waals surface area contributed by atoms with Gasteiger partial charge in [0.15, 0.2) is 5.79 Å². The monoisotopic (exact) mass is 369 g/mol. The van der Waals surface area contributed by atoms with Crippen LogP contribution < -0.4 is 0 Å². The average Bonchev–Trinajstić information content (AvgIpc) is 2.47. The Morgan fingerprint density at radius 2 is 1.76 bits per heavy atom. The number of hydrogen-bond donors (Lipinski definition) is 6. The van der Waals surface area contributed by atoms with Gasteiger partial charge >= 0.3 is 7.75 Å². The van der Waals surface area contributed by atoms with E-state index in [0.717, 1.165) is 11.6 Å². The molecule has 0 aromatic heterocycles. The second-order valence-electron chi connectivity index (χ2n) is 5.84. The van der Waals surface area contributed by atoms with E-state index < -0.39 is 19.5 Å². The van der Waals surface area contributed by atoms with E-state index in [9.17, 15) is 25.0 Å². The number of nitrogens with zero attached hydrogens (tertiary/aromatic N) is 1. The van der Waals surface area contributed by atoms with Crippen molar-refractivity contribution >= 4 is 13.5 Å². The van der Waals surface area contributed by atoms with E-state index in [4.69, 9.17) is 9.79 Å². The third kappa shape index (κ3) is 5.81. The Hall–Kier alpha value is -1.96. The van der Waals surface area contributed by atoms with E-state index in [-0.39, 0.29) is 23.6 Å². The predicted molar refractivity (Wildman–Crippen MR) is 91.0 cm³/mol. The van der Waals surface area contributed by atoms with Crippen molar-refractivity contribution in [3.8, 4) is 5.75 Å². The molecule has 25 heavy (non-hydrogen) atoms. The van der Waals surface area contributed by atoms with Crippen LogP contribution in [0.2, 0.25) is 0 Å². The maximum atomic E-state index is 11.1. The quantitative estimate of drug-likeness (QED) is 0.329. The highest BCUT2D eigenvalue weighted by atomic mass is 31.2. The zero-order valence-electron chi connectivity index (χ0n) is 13.2. The molecule has 0 aliphatic heterocycles. The minimum Gasteiger partial charge on any atom is -0.508 e. The van der Waals surface area contributed by atoms with Crippen LogP contribution >= 0.6 is 7.75 Å². The van der Waals surface area contributed by atoms with Crippen LogP contribution in [0.25, 0.3) is 0 Å². The molecule has 1 aromatic carbocycles. The fourth-order valence-corrected chi connectivity index (χ4v) is 3.07. The summed E-state index contributed by atoms with van der Waals surface area (Å²) in [5.74, 6) is -3.63. The molecule has 0 fully saturated rings. The minimum absolute atomic E-state index is 0.0857. The standard InChI is InChI=1S/C16H20NO7P/c18-12-5-3-11(4-6-12)2-1-9-16(20,21)14-8-7-13(19)10-15(14)17-25(22,23)24/h3-8,10,14,18-21H,1-2,9H2,(H2,22,23,24). The lowest BCUT2D eigenvalue weighted by molar-refractivity contribution is -0.179. The highest BCUT2D eigenvalue weighted by Crippen LogP contribution is 2.39. The van der Waals surface area contributed by atoms with Crippen LogP contribution in [-0.4, -0.2) is 41.7 Å². The summed E-state index contributed by atoms with van der Waals surface area (Å²) >= 11 is 0. The van der Waals surface area contributed by atoms with E-state index in [0.29, 0.717) is 12.8 Å². The van der Waals surface area contributed by atoms with Crippen molar-refractivity contribution in [1.29, 1.82) is 0 Å². The number of aromatic hydroxyl groups is 1. The van der Waals surface area contributed by atoms with E-state index in [1.54, 1.807) is 12.1 Å². The average molecular weight is 369 g/mol. The Kier molecular flexibility index (Phi) is 5.82. The number of aliphatic hydroxyl groups is 3. The summed E-state index contributed by atoms with van der Waals surface area (Å²) in [4.78, 5) is 18.0. The minimum atomic E-state index is -4.79. The van der Waals surface area contributed by atoms with Gasteiger partial charge in [0.1, 0.15) is 11.5 Å². The number of phenols is 1. The molecule has 0 amide bonds. The van der Waals surface area contributed by atoms with E-state index in [1.165, 1.54) is 24.3 Å². The Morgan fingerprint density at radius 1 is 1.12 bits per heavy atom. The molecule has 9 heteroatoms.